The zero-order chi connectivity index (χ0) is 36.2. The maximum absolute atomic E-state index is 15.5. The predicted octanol–water partition coefficient (Wildman–Crippen LogP) is 7.07. The molecular weight excluding hydrogens is 645 g/mol. The minimum absolute atomic E-state index is 0.0261. The molecule has 1 aliphatic carbocycles. The second-order valence-corrected chi connectivity index (χ2v) is 15.6. The number of benzene rings is 2. The molecule has 4 heterocycles. The molecule has 51 heavy (non-hydrogen) atoms. The Labute approximate surface area is 300 Å². The van der Waals surface area contributed by atoms with E-state index in [1.54, 1.807) is 25.1 Å². The van der Waals surface area contributed by atoms with Gasteiger partial charge in [-0.15, -0.1) is 0 Å². The van der Waals surface area contributed by atoms with Crippen molar-refractivity contribution in [1.82, 2.24) is 14.9 Å². The standard InChI is InChI=1S/C41H52FN5O4/c1-8-29-32(42)12-11-27-17-28(48)18-31(34(27)29)33-26(6)36-35(30(9-2)37(33)43-24(3)4)38(46-15-16-50-22-40(7,49)21-46)45-39(44-36)51-23-41-13-10-14-47(41)20-25(5)19-41/h9,11-12,17-18,24-25,48-49H,8,10,13-16,19-23H2,1-7H3/b30-9-,43-37?. The molecule has 0 saturated carbocycles. The van der Waals surface area contributed by atoms with Gasteiger partial charge in [-0.25, -0.2) is 4.39 Å². The van der Waals surface area contributed by atoms with E-state index in [1.165, 1.54) is 6.07 Å². The Morgan fingerprint density at radius 3 is 2.76 bits per heavy atom. The van der Waals surface area contributed by atoms with Crippen molar-refractivity contribution in [3.8, 4) is 11.8 Å². The van der Waals surface area contributed by atoms with Gasteiger partial charge < -0.3 is 24.6 Å². The third kappa shape index (κ3) is 6.44. The van der Waals surface area contributed by atoms with Crippen molar-refractivity contribution >= 4 is 39.0 Å². The number of halogens is 1. The summed E-state index contributed by atoms with van der Waals surface area (Å²) >= 11 is 0. The van der Waals surface area contributed by atoms with Gasteiger partial charge in [-0.1, -0.05) is 26.0 Å². The van der Waals surface area contributed by atoms with Crippen molar-refractivity contribution in [3.05, 3.63) is 58.5 Å². The number of aromatic nitrogens is 2. The number of β-amino-alcohol motifs (C(OH)–C–C–N with tert-alkyl or cyclic N) is 1. The average Bonchev–Trinajstić information content (AvgIpc) is 3.53. The normalized spacial score (nSPS) is 27.2. The highest BCUT2D eigenvalue weighted by Crippen LogP contribution is 2.48. The van der Waals surface area contributed by atoms with Gasteiger partial charge in [0.25, 0.3) is 0 Å². The SMILES string of the molecule is C/C=C1\C(=NC(C)C)C(c2cc(O)cc3ccc(F)c(CC)c23)=C(C)c2nc(OCC34CCCN3CC(C)C4)nc(N3CCOCC(C)(O)C3)c21. The molecule has 9 nitrogen and oxygen atoms in total. The number of nitrogens with zero attached hydrogens (tertiary/aromatic N) is 5. The highest BCUT2D eigenvalue weighted by Gasteiger charge is 2.48. The molecule has 0 amide bonds. The number of phenols is 1. The molecule has 3 atom stereocenters. The van der Waals surface area contributed by atoms with E-state index in [0.29, 0.717) is 61.3 Å². The summed E-state index contributed by atoms with van der Waals surface area (Å²) in [7, 11) is 0. The molecule has 3 unspecified atom stereocenters. The van der Waals surface area contributed by atoms with Crippen molar-refractivity contribution < 1.29 is 24.1 Å². The van der Waals surface area contributed by atoms with Crippen LogP contribution in [0.1, 0.15) is 90.1 Å². The van der Waals surface area contributed by atoms with Gasteiger partial charge >= 0.3 is 6.01 Å². The molecule has 2 N–H and O–H groups in total. The van der Waals surface area contributed by atoms with Crippen molar-refractivity contribution in [2.45, 2.75) is 91.3 Å². The lowest BCUT2D eigenvalue weighted by Gasteiger charge is -2.34. The number of fused-ring (bicyclic) bond motifs is 3. The molecule has 4 aliphatic rings. The lowest BCUT2D eigenvalue weighted by atomic mass is 9.78. The number of anilines is 1. The molecule has 272 valence electrons. The summed E-state index contributed by atoms with van der Waals surface area (Å²) in [6.07, 6.45) is 5.84. The number of allylic oxidation sites excluding steroid dienone is 4. The Morgan fingerprint density at radius 2 is 2.02 bits per heavy atom. The van der Waals surface area contributed by atoms with Gasteiger partial charge in [0.1, 0.15) is 29.6 Å². The van der Waals surface area contributed by atoms with Crippen LogP contribution >= 0.6 is 0 Å². The highest BCUT2D eigenvalue weighted by molar-refractivity contribution is 6.51. The van der Waals surface area contributed by atoms with Gasteiger partial charge in [-0.2, -0.15) is 9.97 Å². The van der Waals surface area contributed by atoms with Crippen LogP contribution in [0.25, 0.3) is 27.5 Å². The maximum Gasteiger partial charge on any atom is 0.319 e. The van der Waals surface area contributed by atoms with E-state index in [9.17, 15) is 10.2 Å². The molecule has 1 aromatic heterocycles. The van der Waals surface area contributed by atoms with Crippen LogP contribution in [-0.4, -0.2) is 94.0 Å². The van der Waals surface area contributed by atoms with E-state index in [0.717, 1.165) is 71.1 Å². The first-order chi connectivity index (χ1) is 24.3. The molecule has 3 fully saturated rings. The number of aliphatic hydroxyl groups is 1. The summed E-state index contributed by atoms with van der Waals surface area (Å²) < 4.78 is 28.0. The summed E-state index contributed by atoms with van der Waals surface area (Å²) in [5.41, 5.74) is 4.85. The van der Waals surface area contributed by atoms with E-state index in [-0.39, 0.29) is 35.8 Å². The number of phenolic OH excluding ortho intramolecular Hbond substituents is 1. The number of hydrogen-bond donors (Lipinski definition) is 2. The van der Waals surface area contributed by atoms with E-state index < -0.39 is 5.60 Å². The van der Waals surface area contributed by atoms with Crippen molar-refractivity contribution in [1.29, 1.82) is 0 Å². The van der Waals surface area contributed by atoms with Crippen LogP contribution in [0.15, 0.2) is 35.3 Å². The summed E-state index contributed by atoms with van der Waals surface area (Å²) in [6, 6.07) is 6.83. The van der Waals surface area contributed by atoms with Crippen LogP contribution in [0.3, 0.4) is 0 Å². The fourth-order valence-corrected chi connectivity index (χ4v) is 9.04. The molecule has 3 aliphatic heterocycles. The Bertz CT molecular complexity index is 1950. The van der Waals surface area contributed by atoms with Gasteiger partial charge in [-0.3, -0.25) is 9.89 Å². The van der Waals surface area contributed by atoms with Gasteiger partial charge in [0.2, 0.25) is 0 Å². The first-order valence-corrected chi connectivity index (χ1v) is 18.6. The number of aryl methyl sites for hydroxylation is 1. The summed E-state index contributed by atoms with van der Waals surface area (Å²) in [6.45, 7) is 18.3. The fourth-order valence-electron chi connectivity index (χ4n) is 9.04. The fraction of sp³-hybridized carbons (Fsp3) is 0.537. The van der Waals surface area contributed by atoms with Gasteiger partial charge in [0, 0.05) is 30.3 Å². The number of aromatic hydroxyl groups is 1. The van der Waals surface area contributed by atoms with Gasteiger partial charge in [0.15, 0.2) is 0 Å². The third-order valence-corrected chi connectivity index (χ3v) is 11.0. The lowest BCUT2D eigenvalue weighted by Crippen LogP contribution is -2.44. The average molecular weight is 698 g/mol. The predicted molar refractivity (Wildman–Crippen MR) is 202 cm³/mol. The molecule has 3 aromatic rings. The quantitative estimate of drug-likeness (QED) is 0.270. The Morgan fingerprint density at radius 1 is 1.22 bits per heavy atom. The number of rotatable bonds is 7. The molecule has 3 saturated heterocycles. The molecule has 10 heteroatoms. The Hall–Kier alpha value is -3.86. The molecule has 0 radical (unpaired) electrons. The van der Waals surface area contributed by atoms with Crippen LogP contribution in [-0.2, 0) is 11.2 Å². The second-order valence-electron chi connectivity index (χ2n) is 15.6. The second kappa shape index (κ2) is 13.6. The number of ether oxygens (including phenoxy) is 2. The van der Waals surface area contributed by atoms with Crippen molar-refractivity contribution in [2.24, 2.45) is 10.9 Å². The van der Waals surface area contributed by atoms with Crippen molar-refractivity contribution in [3.63, 3.8) is 0 Å². The maximum atomic E-state index is 15.5. The smallest absolute Gasteiger partial charge is 0.319 e. The molecular formula is C41H52FN5O4. The van der Waals surface area contributed by atoms with E-state index in [1.807, 2.05) is 40.7 Å². The van der Waals surface area contributed by atoms with Gasteiger partial charge in [-0.05, 0) is 118 Å². The summed E-state index contributed by atoms with van der Waals surface area (Å²) in [5, 5.41) is 23.9. The summed E-state index contributed by atoms with van der Waals surface area (Å²) in [4.78, 5) is 20.2. The monoisotopic (exact) mass is 697 g/mol. The van der Waals surface area contributed by atoms with E-state index in [2.05, 4.69) is 16.7 Å². The van der Waals surface area contributed by atoms with Crippen LogP contribution in [0.2, 0.25) is 0 Å². The van der Waals surface area contributed by atoms with Crippen LogP contribution < -0.4 is 9.64 Å². The first-order valence-electron chi connectivity index (χ1n) is 18.6. The molecule has 0 spiro atoms. The number of hydrogen-bond acceptors (Lipinski definition) is 9. The van der Waals surface area contributed by atoms with Crippen LogP contribution in [0.4, 0.5) is 10.2 Å². The van der Waals surface area contributed by atoms with Crippen LogP contribution in [0.5, 0.6) is 11.8 Å². The molecule has 7 rings (SSSR count). The van der Waals surface area contributed by atoms with E-state index >= 15 is 4.39 Å². The summed E-state index contributed by atoms with van der Waals surface area (Å²) in [5.74, 6) is 1.07. The van der Waals surface area contributed by atoms with Crippen LogP contribution in [0, 0.1) is 11.7 Å². The van der Waals surface area contributed by atoms with Crippen molar-refractivity contribution in [2.75, 3.05) is 50.9 Å². The van der Waals surface area contributed by atoms with Gasteiger partial charge in [0.05, 0.1) is 42.3 Å². The van der Waals surface area contributed by atoms with E-state index in [4.69, 9.17) is 24.4 Å². The zero-order valence-corrected chi connectivity index (χ0v) is 31.1. The zero-order valence-electron chi connectivity index (χ0n) is 31.1. The largest absolute Gasteiger partial charge is 0.508 e. The Kier molecular flexibility index (Phi) is 9.48. The minimum atomic E-state index is -1.10. The lowest BCUT2D eigenvalue weighted by molar-refractivity contribution is -0.0123. The molecule has 0 bridgehead atoms. The highest BCUT2D eigenvalue weighted by atomic mass is 19.1. The topological polar surface area (TPSA) is 104 Å². The molecule has 2 aromatic carbocycles. The number of aliphatic imine (C=N–C) groups is 1. The third-order valence-electron chi connectivity index (χ3n) is 11.0. The first kappa shape index (κ1) is 35.5. The minimum Gasteiger partial charge on any atom is -0.508 e. The Balaban J connectivity index is 1.49.